The lowest BCUT2D eigenvalue weighted by atomic mass is 9.72. The normalized spacial score (nSPS) is 31.4. The van der Waals surface area contributed by atoms with Crippen molar-refractivity contribution in [1.29, 1.82) is 0 Å². The van der Waals surface area contributed by atoms with Crippen molar-refractivity contribution in [2.75, 3.05) is 19.9 Å². The van der Waals surface area contributed by atoms with Gasteiger partial charge in [-0.05, 0) is 49.4 Å². The summed E-state index contributed by atoms with van der Waals surface area (Å²) in [4.78, 5) is 27.7. The zero-order valence-corrected chi connectivity index (χ0v) is 15.3. The van der Waals surface area contributed by atoms with E-state index in [0.717, 1.165) is 43.7 Å². The Morgan fingerprint density at radius 1 is 1.22 bits per heavy atom. The number of nitrogens with one attached hydrogen (secondary N) is 2. The molecule has 0 unspecified atom stereocenters. The van der Waals surface area contributed by atoms with E-state index in [9.17, 15) is 9.59 Å². The van der Waals surface area contributed by atoms with Crippen LogP contribution in [0.4, 0.5) is 0 Å². The highest BCUT2D eigenvalue weighted by atomic mass is 16.7. The second-order valence-corrected chi connectivity index (χ2v) is 8.02. The van der Waals surface area contributed by atoms with Crippen LogP contribution in [0.15, 0.2) is 18.2 Å². The molecule has 1 aromatic carbocycles. The van der Waals surface area contributed by atoms with Crippen LogP contribution in [0.2, 0.25) is 0 Å². The third-order valence-corrected chi connectivity index (χ3v) is 6.42. The monoisotopic (exact) mass is 371 g/mol. The third kappa shape index (κ3) is 2.94. The van der Waals surface area contributed by atoms with Crippen LogP contribution in [-0.4, -0.2) is 48.7 Å². The van der Waals surface area contributed by atoms with Gasteiger partial charge in [-0.15, -0.1) is 0 Å². The highest BCUT2D eigenvalue weighted by Gasteiger charge is 2.50. The van der Waals surface area contributed by atoms with Crippen LogP contribution in [-0.2, 0) is 16.1 Å². The van der Waals surface area contributed by atoms with Crippen LogP contribution in [0, 0.1) is 11.8 Å². The molecule has 4 aliphatic rings. The molecule has 2 amide bonds. The second-order valence-electron chi connectivity index (χ2n) is 8.02. The van der Waals surface area contributed by atoms with Crippen LogP contribution < -0.4 is 20.1 Å². The number of hydrogen-bond donors (Lipinski definition) is 2. The van der Waals surface area contributed by atoms with Gasteiger partial charge >= 0.3 is 0 Å². The number of rotatable bonds is 3. The molecule has 7 nitrogen and oxygen atoms in total. The Hall–Kier alpha value is -2.28. The number of piperidine rings is 3. The van der Waals surface area contributed by atoms with E-state index < -0.39 is 0 Å². The highest BCUT2D eigenvalue weighted by Crippen LogP contribution is 2.39. The van der Waals surface area contributed by atoms with Gasteiger partial charge in [0.25, 0.3) is 0 Å². The van der Waals surface area contributed by atoms with Crippen LogP contribution >= 0.6 is 0 Å². The molecular weight excluding hydrogens is 346 g/mol. The van der Waals surface area contributed by atoms with Gasteiger partial charge in [0.15, 0.2) is 11.5 Å². The number of ether oxygens (including phenoxy) is 2. The SMILES string of the molecule is O=C(NCc1ccc2c(c1)OCO2)[C@H]1[C@@H]2CNC[C@@H](C2)[C@@H]2CCCC(=O)N21. The average molecular weight is 371 g/mol. The zero-order chi connectivity index (χ0) is 18.4. The number of carbonyl (C=O) groups excluding carboxylic acids is 2. The largest absolute Gasteiger partial charge is 0.454 e. The molecule has 0 aromatic heterocycles. The van der Waals surface area contributed by atoms with Crippen molar-refractivity contribution in [3.05, 3.63) is 23.8 Å². The summed E-state index contributed by atoms with van der Waals surface area (Å²) in [5.41, 5.74) is 0.963. The molecule has 1 aromatic rings. The minimum atomic E-state index is -0.360. The fourth-order valence-electron chi connectivity index (χ4n) is 5.20. The molecule has 7 heteroatoms. The Kier molecular flexibility index (Phi) is 4.19. The number of benzene rings is 1. The van der Waals surface area contributed by atoms with Crippen molar-refractivity contribution in [3.63, 3.8) is 0 Å². The van der Waals surface area contributed by atoms with Gasteiger partial charge in [-0.25, -0.2) is 0 Å². The van der Waals surface area contributed by atoms with Gasteiger partial charge in [-0.2, -0.15) is 0 Å². The fraction of sp³-hybridized carbons (Fsp3) is 0.600. The number of nitrogens with zero attached hydrogens (tertiary/aromatic N) is 1. The predicted molar refractivity (Wildman–Crippen MR) is 97.2 cm³/mol. The average Bonchev–Trinajstić information content (AvgIpc) is 3.15. The van der Waals surface area contributed by atoms with Gasteiger partial charge in [-0.1, -0.05) is 6.07 Å². The standard InChI is InChI=1S/C20H25N3O4/c24-18-3-1-2-15-13-7-14(10-21-9-13)19(23(15)18)20(25)22-8-12-4-5-16-17(6-12)27-11-26-16/h4-6,13-15,19,21H,1-3,7-11H2,(H,22,25)/t13-,14+,15+,19-/m1/s1. The summed E-state index contributed by atoms with van der Waals surface area (Å²) >= 11 is 0. The maximum absolute atomic E-state index is 13.1. The number of carbonyl (C=O) groups is 2. The van der Waals surface area contributed by atoms with E-state index in [1.807, 2.05) is 23.1 Å². The molecule has 4 aliphatic heterocycles. The molecule has 144 valence electrons. The van der Waals surface area contributed by atoms with E-state index >= 15 is 0 Å². The Labute approximate surface area is 158 Å². The molecule has 0 spiro atoms. The topological polar surface area (TPSA) is 79.9 Å². The van der Waals surface area contributed by atoms with Crippen molar-refractivity contribution >= 4 is 11.8 Å². The van der Waals surface area contributed by atoms with E-state index in [2.05, 4.69) is 10.6 Å². The van der Waals surface area contributed by atoms with Crippen LogP contribution in [0.3, 0.4) is 0 Å². The molecule has 4 atom stereocenters. The first-order chi connectivity index (χ1) is 13.2. The summed E-state index contributed by atoms with van der Waals surface area (Å²) in [6, 6.07) is 5.54. The molecule has 4 heterocycles. The minimum Gasteiger partial charge on any atom is -0.454 e. The Balaban J connectivity index is 1.32. The summed E-state index contributed by atoms with van der Waals surface area (Å²) in [6.45, 7) is 2.41. The molecular formula is C20H25N3O4. The van der Waals surface area contributed by atoms with Gasteiger partial charge in [-0.3, -0.25) is 9.59 Å². The first-order valence-electron chi connectivity index (χ1n) is 9.89. The number of hydrogen-bond acceptors (Lipinski definition) is 5. The molecule has 3 saturated heterocycles. The number of fused-ring (bicyclic) bond motifs is 5. The van der Waals surface area contributed by atoms with Gasteiger partial charge in [0, 0.05) is 31.5 Å². The Morgan fingerprint density at radius 3 is 3.00 bits per heavy atom. The minimum absolute atomic E-state index is 0.0416. The van der Waals surface area contributed by atoms with Gasteiger partial charge < -0.3 is 25.0 Å². The first-order valence-corrected chi connectivity index (χ1v) is 9.89. The molecule has 3 fully saturated rings. The Bertz CT molecular complexity index is 768. The predicted octanol–water partition coefficient (Wildman–Crippen LogP) is 1.02. The van der Waals surface area contributed by atoms with Crippen molar-refractivity contribution in [2.45, 2.75) is 44.3 Å². The van der Waals surface area contributed by atoms with E-state index in [4.69, 9.17) is 9.47 Å². The summed E-state index contributed by atoms with van der Waals surface area (Å²) in [5, 5.41) is 6.53. The lowest BCUT2D eigenvalue weighted by Gasteiger charge is -2.53. The molecule has 5 rings (SSSR count). The molecule has 2 N–H and O–H groups in total. The number of amides is 2. The van der Waals surface area contributed by atoms with E-state index in [1.54, 1.807) is 0 Å². The van der Waals surface area contributed by atoms with Crippen LogP contribution in [0.1, 0.15) is 31.2 Å². The summed E-state index contributed by atoms with van der Waals surface area (Å²) < 4.78 is 10.7. The Morgan fingerprint density at radius 2 is 2.07 bits per heavy atom. The van der Waals surface area contributed by atoms with Crippen molar-refractivity contribution in [3.8, 4) is 11.5 Å². The lowest BCUT2D eigenvalue weighted by molar-refractivity contribution is -0.157. The smallest absolute Gasteiger partial charge is 0.243 e. The zero-order valence-electron chi connectivity index (χ0n) is 15.3. The second kappa shape index (κ2) is 6.71. The van der Waals surface area contributed by atoms with Gasteiger partial charge in [0.05, 0.1) is 0 Å². The maximum atomic E-state index is 13.1. The molecule has 27 heavy (non-hydrogen) atoms. The summed E-state index contributed by atoms with van der Waals surface area (Å²) in [5.74, 6) is 2.22. The molecule has 0 saturated carbocycles. The van der Waals surface area contributed by atoms with Crippen LogP contribution in [0.5, 0.6) is 11.5 Å². The van der Waals surface area contributed by atoms with E-state index in [0.29, 0.717) is 24.6 Å². The lowest BCUT2D eigenvalue weighted by Crippen LogP contribution is -2.67. The summed E-state index contributed by atoms with van der Waals surface area (Å²) in [6.07, 6.45) is 3.54. The maximum Gasteiger partial charge on any atom is 0.243 e. The van der Waals surface area contributed by atoms with Crippen molar-refractivity contribution in [2.24, 2.45) is 11.8 Å². The van der Waals surface area contributed by atoms with Crippen molar-refractivity contribution in [1.82, 2.24) is 15.5 Å². The quantitative estimate of drug-likeness (QED) is 0.829. The molecule has 0 aliphatic carbocycles. The third-order valence-electron chi connectivity index (χ3n) is 6.42. The molecule has 2 bridgehead atoms. The molecule has 0 radical (unpaired) electrons. The van der Waals surface area contributed by atoms with Gasteiger partial charge in [0.1, 0.15) is 6.04 Å². The van der Waals surface area contributed by atoms with E-state index in [-0.39, 0.29) is 36.6 Å². The van der Waals surface area contributed by atoms with Gasteiger partial charge in [0.2, 0.25) is 18.6 Å². The fourth-order valence-corrected chi connectivity index (χ4v) is 5.20. The first kappa shape index (κ1) is 16.9. The highest BCUT2D eigenvalue weighted by molar-refractivity contribution is 5.89. The van der Waals surface area contributed by atoms with Crippen molar-refractivity contribution < 1.29 is 19.1 Å². The van der Waals surface area contributed by atoms with Crippen LogP contribution in [0.25, 0.3) is 0 Å². The van der Waals surface area contributed by atoms with E-state index in [1.165, 1.54) is 0 Å². The summed E-state index contributed by atoms with van der Waals surface area (Å²) in [7, 11) is 0.